The molecule has 0 unspecified atom stereocenters. The third kappa shape index (κ3) is 4.40. The molecule has 104 valence electrons. The molecule has 1 aromatic rings. The van der Waals surface area contributed by atoms with Crippen molar-refractivity contribution in [1.82, 2.24) is 0 Å². The summed E-state index contributed by atoms with van der Waals surface area (Å²) in [6.07, 6.45) is 2.12. The Morgan fingerprint density at radius 1 is 1.47 bits per heavy atom. The fourth-order valence-electron chi connectivity index (χ4n) is 1.87. The summed E-state index contributed by atoms with van der Waals surface area (Å²) in [5, 5.41) is 6.04. The molecule has 0 saturated carbocycles. The Morgan fingerprint density at radius 3 is 2.84 bits per heavy atom. The Morgan fingerprint density at radius 2 is 2.26 bits per heavy atom. The maximum Gasteiger partial charge on any atom is 0.239 e. The lowest BCUT2D eigenvalue weighted by Crippen LogP contribution is -2.13. The van der Waals surface area contributed by atoms with Crippen molar-refractivity contribution < 1.29 is 4.79 Å². The number of halogens is 2. The molecule has 0 aromatic heterocycles. The van der Waals surface area contributed by atoms with Crippen molar-refractivity contribution in [3.8, 4) is 0 Å². The van der Waals surface area contributed by atoms with E-state index in [0.717, 1.165) is 42.2 Å². The quantitative estimate of drug-likeness (QED) is 0.842. The number of nitrogens with zero attached hydrogens (tertiary/aromatic N) is 1. The minimum absolute atomic E-state index is 0. The Balaban J connectivity index is 0.00000180. The minimum atomic E-state index is -0.197. The zero-order valence-corrected chi connectivity index (χ0v) is 12.3. The molecule has 2 rings (SSSR count). The highest BCUT2D eigenvalue weighted by molar-refractivity contribution is 6.29. The molecule has 19 heavy (non-hydrogen) atoms. The first-order chi connectivity index (χ1) is 8.69. The van der Waals surface area contributed by atoms with Gasteiger partial charge in [0.05, 0.1) is 0 Å². The van der Waals surface area contributed by atoms with Gasteiger partial charge < -0.3 is 10.6 Å². The van der Waals surface area contributed by atoms with Gasteiger partial charge in [0, 0.05) is 24.3 Å². The van der Waals surface area contributed by atoms with E-state index in [0.29, 0.717) is 0 Å². The van der Waals surface area contributed by atoms with Crippen LogP contribution in [-0.4, -0.2) is 24.2 Å². The number of amides is 1. The number of amidine groups is 1. The maximum absolute atomic E-state index is 11.2. The third-order valence-corrected chi connectivity index (χ3v) is 3.03. The number of nitrogens with one attached hydrogen (secondary N) is 2. The molecule has 0 bridgehead atoms. The smallest absolute Gasteiger partial charge is 0.239 e. The van der Waals surface area contributed by atoms with Crippen LogP contribution < -0.4 is 10.6 Å². The summed E-state index contributed by atoms with van der Waals surface area (Å²) in [7, 11) is 0. The van der Waals surface area contributed by atoms with Crippen molar-refractivity contribution in [1.29, 1.82) is 0 Å². The summed E-state index contributed by atoms with van der Waals surface area (Å²) < 4.78 is 0. The molecule has 1 aliphatic rings. The van der Waals surface area contributed by atoms with Gasteiger partial charge in [-0.05, 0) is 37.1 Å². The molecule has 6 heteroatoms. The highest BCUT2D eigenvalue weighted by atomic mass is 35.5. The van der Waals surface area contributed by atoms with Crippen LogP contribution in [0.3, 0.4) is 0 Å². The predicted octanol–water partition coefficient (Wildman–Crippen LogP) is 3.20. The van der Waals surface area contributed by atoms with Gasteiger partial charge in [-0.1, -0.05) is 0 Å². The molecule has 1 amide bonds. The molecule has 0 fully saturated rings. The summed E-state index contributed by atoms with van der Waals surface area (Å²) in [6, 6.07) is 5.72. The molecule has 0 saturated heterocycles. The van der Waals surface area contributed by atoms with Crippen LogP contribution in [0.25, 0.3) is 0 Å². The Hall–Kier alpha value is -1.26. The van der Waals surface area contributed by atoms with E-state index < -0.39 is 0 Å². The summed E-state index contributed by atoms with van der Waals surface area (Å²) in [5.74, 6) is 0.808. The zero-order chi connectivity index (χ0) is 13.0. The Labute approximate surface area is 124 Å². The van der Waals surface area contributed by atoms with Gasteiger partial charge in [-0.15, -0.1) is 24.0 Å². The molecule has 1 aliphatic heterocycles. The van der Waals surface area contributed by atoms with Crippen LogP contribution in [0.4, 0.5) is 11.4 Å². The first-order valence-corrected chi connectivity index (χ1v) is 6.49. The lowest BCUT2D eigenvalue weighted by atomic mass is 10.1. The second kappa shape index (κ2) is 7.36. The highest BCUT2D eigenvalue weighted by Crippen LogP contribution is 2.21. The molecule has 4 nitrogen and oxygen atoms in total. The number of rotatable bonds is 3. The lowest BCUT2D eigenvalue weighted by molar-refractivity contribution is -0.113. The van der Waals surface area contributed by atoms with Gasteiger partial charge in [-0.2, -0.15) is 0 Å². The number of benzene rings is 1. The van der Waals surface area contributed by atoms with Crippen molar-refractivity contribution >= 4 is 47.1 Å². The molecule has 1 aromatic carbocycles. The van der Waals surface area contributed by atoms with Gasteiger partial charge in [0.25, 0.3) is 0 Å². The van der Waals surface area contributed by atoms with E-state index in [-0.39, 0.29) is 24.2 Å². The summed E-state index contributed by atoms with van der Waals surface area (Å²) >= 11 is 5.45. The number of carbonyl (C=O) groups is 1. The largest absolute Gasteiger partial charge is 0.344 e. The monoisotopic (exact) mass is 301 g/mol. The van der Waals surface area contributed by atoms with Gasteiger partial charge in [0.2, 0.25) is 5.91 Å². The van der Waals surface area contributed by atoms with E-state index in [4.69, 9.17) is 11.6 Å². The van der Waals surface area contributed by atoms with E-state index in [1.807, 2.05) is 25.1 Å². The number of carbonyl (C=O) groups excluding carboxylic acids is 1. The molecule has 0 radical (unpaired) electrons. The van der Waals surface area contributed by atoms with Gasteiger partial charge in [0.1, 0.15) is 11.7 Å². The van der Waals surface area contributed by atoms with E-state index in [1.54, 1.807) is 0 Å². The fraction of sp³-hybridized carbons (Fsp3) is 0.385. The van der Waals surface area contributed by atoms with Crippen LogP contribution in [-0.2, 0) is 4.79 Å². The number of alkyl halides is 1. The predicted molar refractivity (Wildman–Crippen MR) is 82.9 cm³/mol. The van der Waals surface area contributed by atoms with Crippen molar-refractivity contribution in [3.63, 3.8) is 0 Å². The lowest BCUT2D eigenvalue weighted by Gasteiger charge is -2.11. The molecule has 1 heterocycles. The summed E-state index contributed by atoms with van der Waals surface area (Å²) in [5.41, 5.74) is 2.86. The van der Waals surface area contributed by atoms with Crippen molar-refractivity contribution in [2.75, 3.05) is 23.1 Å². The average molecular weight is 302 g/mol. The van der Waals surface area contributed by atoms with Crippen LogP contribution in [0, 0.1) is 6.92 Å². The topological polar surface area (TPSA) is 53.5 Å². The van der Waals surface area contributed by atoms with E-state index >= 15 is 0 Å². The maximum atomic E-state index is 11.2. The Bertz CT molecular complexity index is 489. The third-order valence-electron chi connectivity index (χ3n) is 2.78. The van der Waals surface area contributed by atoms with Crippen LogP contribution in [0.1, 0.15) is 18.4 Å². The number of hydrogen-bond donors (Lipinski definition) is 2. The number of anilines is 2. The number of hydrogen-bond acceptors (Lipinski definition) is 3. The van der Waals surface area contributed by atoms with Crippen molar-refractivity contribution in [2.24, 2.45) is 4.99 Å². The zero-order valence-electron chi connectivity index (χ0n) is 10.7. The molecule has 0 atom stereocenters. The average Bonchev–Trinajstić information content (AvgIpc) is 2.85. The highest BCUT2D eigenvalue weighted by Gasteiger charge is 2.08. The van der Waals surface area contributed by atoms with Crippen LogP contribution in [0.15, 0.2) is 23.2 Å². The van der Waals surface area contributed by atoms with Crippen molar-refractivity contribution in [2.45, 2.75) is 19.8 Å². The standard InChI is InChI=1S/C13H16ClN3O.ClH/c1-9-7-10(16-13(18)8-14)4-5-11(9)17-12-3-2-6-15-12;/h4-5,7H,2-3,6,8H2,1H3,(H,15,17)(H,16,18);1H. The molecular weight excluding hydrogens is 285 g/mol. The summed E-state index contributed by atoms with van der Waals surface area (Å²) in [6.45, 7) is 2.90. The van der Waals surface area contributed by atoms with Gasteiger partial charge in [-0.3, -0.25) is 9.79 Å². The molecule has 0 spiro atoms. The van der Waals surface area contributed by atoms with Gasteiger partial charge >= 0.3 is 0 Å². The fourth-order valence-corrected chi connectivity index (χ4v) is 1.94. The first kappa shape index (κ1) is 15.8. The van der Waals surface area contributed by atoms with E-state index in [9.17, 15) is 4.79 Å². The number of aryl methyl sites for hydroxylation is 1. The first-order valence-electron chi connectivity index (χ1n) is 5.96. The van der Waals surface area contributed by atoms with Gasteiger partial charge in [-0.25, -0.2) is 0 Å². The minimum Gasteiger partial charge on any atom is -0.344 e. The Kier molecular flexibility index (Phi) is 6.12. The molecule has 0 aliphatic carbocycles. The molecule has 2 N–H and O–H groups in total. The van der Waals surface area contributed by atoms with E-state index in [2.05, 4.69) is 15.6 Å². The van der Waals surface area contributed by atoms with Gasteiger partial charge in [0.15, 0.2) is 0 Å². The van der Waals surface area contributed by atoms with Crippen molar-refractivity contribution in [3.05, 3.63) is 23.8 Å². The van der Waals surface area contributed by atoms with Crippen LogP contribution >= 0.6 is 24.0 Å². The van der Waals surface area contributed by atoms with Crippen LogP contribution in [0.2, 0.25) is 0 Å². The van der Waals surface area contributed by atoms with Crippen LogP contribution in [0.5, 0.6) is 0 Å². The second-order valence-corrected chi connectivity index (χ2v) is 4.54. The normalized spacial score (nSPS) is 13.5. The SMILES string of the molecule is Cc1cc(NC(=O)CCl)ccc1NC1=NCCC1.Cl. The van der Waals surface area contributed by atoms with E-state index in [1.165, 1.54) is 0 Å². The molecular formula is C13H17Cl2N3O. The second-order valence-electron chi connectivity index (χ2n) is 4.27. The summed E-state index contributed by atoms with van der Waals surface area (Å²) in [4.78, 5) is 15.6. The number of aliphatic imine (C=N–C) groups is 1.